The molecule has 0 aliphatic heterocycles. The Labute approximate surface area is 97.1 Å². The van der Waals surface area contributed by atoms with E-state index in [0.29, 0.717) is 12.1 Å². The second kappa shape index (κ2) is 3.95. The van der Waals surface area contributed by atoms with E-state index in [9.17, 15) is 17.6 Å². The van der Waals surface area contributed by atoms with Gasteiger partial charge in [0.05, 0.1) is 5.56 Å². The van der Waals surface area contributed by atoms with Gasteiger partial charge in [-0.1, -0.05) is 0 Å². The fourth-order valence-corrected chi connectivity index (χ4v) is 1.35. The van der Waals surface area contributed by atoms with Crippen LogP contribution in [0.25, 0.3) is 11.5 Å². The highest BCUT2D eigenvalue weighted by Crippen LogP contribution is 2.33. The van der Waals surface area contributed by atoms with Gasteiger partial charge in [0.15, 0.2) is 0 Å². The number of nitrogens with one attached hydrogen (secondary N) is 1. The molecule has 2 rings (SSSR count). The number of hydrogen-bond acceptors (Lipinski definition) is 3. The van der Waals surface area contributed by atoms with Crippen LogP contribution in [0.15, 0.2) is 22.6 Å². The highest BCUT2D eigenvalue weighted by Gasteiger charge is 2.34. The molecule has 3 nitrogen and oxygen atoms in total. The van der Waals surface area contributed by atoms with Gasteiger partial charge < -0.3 is 4.42 Å². The van der Waals surface area contributed by atoms with Gasteiger partial charge in [0.2, 0.25) is 5.89 Å². The molecule has 2 aromatic rings. The molecule has 1 heterocycles. The van der Waals surface area contributed by atoms with Gasteiger partial charge in [0, 0.05) is 5.56 Å². The lowest BCUT2D eigenvalue weighted by molar-refractivity contribution is -0.139. The summed E-state index contributed by atoms with van der Waals surface area (Å²) in [7, 11) is 0. The highest BCUT2D eigenvalue weighted by molar-refractivity contribution is 7.71. The third-order valence-corrected chi connectivity index (χ3v) is 2.13. The molecule has 0 saturated heterocycles. The molecule has 0 saturated carbocycles. The Hall–Kier alpha value is -1.70. The fraction of sp³-hybridized carbons (Fsp3) is 0.111. The number of rotatable bonds is 1. The van der Waals surface area contributed by atoms with Gasteiger partial charge in [-0.3, -0.25) is 0 Å². The molecule has 0 aliphatic rings. The zero-order valence-corrected chi connectivity index (χ0v) is 8.82. The summed E-state index contributed by atoms with van der Waals surface area (Å²) in [5.41, 5.74) is -1.38. The van der Waals surface area contributed by atoms with Crippen LogP contribution in [0.1, 0.15) is 5.56 Å². The third-order valence-electron chi connectivity index (χ3n) is 1.96. The zero-order chi connectivity index (χ0) is 12.6. The molecule has 0 unspecified atom stereocenters. The second-order valence-corrected chi connectivity index (χ2v) is 3.48. The molecule has 0 amide bonds. The summed E-state index contributed by atoms with van der Waals surface area (Å²) in [5.74, 6) is -1.48. The van der Waals surface area contributed by atoms with Crippen molar-refractivity contribution in [1.29, 1.82) is 0 Å². The number of aromatic nitrogens is 2. The lowest BCUT2D eigenvalue weighted by Gasteiger charge is -2.08. The predicted molar refractivity (Wildman–Crippen MR) is 52.1 cm³/mol. The maximum Gasteiger partial charge on any atom is 0.419 e. The Balaban J connectivity index is 2.55. The zero-order valence-electron chi connectivity index (χ0n) is 8.01. The van der Waals surface area contributed by atoms with E-state index < -0.39 is 17.6 Å². The van der Waals surface area contributed by atoms with Gasteiger partial charge in [-0.25, -0.2) is 9.49 Å². The van der Waals surface area contributed by atoms with Crippen LogP contribution < -0.4 is 0 Å². The van der Waals surface area contributed by atoms with E-state index in [1.165, 1.54) is 0 Å². The Kier molecular flexibility index (Phi) is 2.74. The average molecular weight is 264 g/mol. The smallest absolute Gasteiger partial charge is 0.409 e. The van der Waals surface area contributed by atoms with E-state index in [4.69, 9.17) is 4.42 Å². The minimum atomic E-state index is -4.77. The largest absolute Gasteiger partial charge is 0.419 e. The van der Waals surface area contributed by atoms with Crippen LogP contribution in [0.2, 0.25) is 0 Å². The molecule has 1 N–H and O–H groups in total. The van der Waals surface area contributed by atoms with Gasteiger partial charge in [-0.05, 0) is 30.4 Å². The number of hydrogen-bond donors (Lipinski definition) is 1. The Morgan fingerprint density at radius 1 is 1.29 bits per heavy atom. The first-order chi connectivity index (χ1) is 7.88. The minimum Gasteiger partial charge on any atom is -0.409 e. The van der Waals surface area contributed by atoms with Crippen molar-refractivity contribution in [1.82, 2.24) is 10.2 Å². The summed E-state index contributed by atoms with van der Waals surface area (Å²) < 4.78 is 55.1. The normalized spacial score (nSPS) is 11.8. The van der Waals surface area contributed by atoms with Crippen molar-refractivity contribution in [2.75, 3.05) is 0 Å². The van der Waals surface area contributed by atoms with E-state index >= 15 is 0 Å². The molecular weight excluding hydrogens is 260 g/mol. The molecule has 90 valence electrons. The summed E-state index contributed by atoms with van der Waals surface area (Å²) >= 11 is 4.58. The fourth-order valence-electron chi connectivity index (χ4n) is 1.23. The lowest BCUT2D eigenvalue weighted by Crippen LogP contribution is -2.08. The van der Waals surface area contributed by atoms with Crippen LogP contribution in [-0.4, -0.2) is 10.2 Å². The molecule has 0 aliphatic carbocycles. The SMILES string of the molecule is Fc1ccc(-c2n[nH]c(=S)o2)cc1C(F)(F)F. The Morgan fingerprint density at radius 3 is 2.53 bits per heavy atom. The van der Waals surface area contributed by atoms with Crippen molar-refractivity contribution in [3.8, 4) is 11.5 Å². The first-order valence-corrected chi connectivity index (χ1v) is 4.71. The summed E-state index contributed by atoms with van der Waals surface area (Å²) in [6.07, 6.45) is -4.77. The molecule has 1 aromatic carbocycles. The van der Waals surface area contributed by atoms with Gasteiger partial charge in [0.1, 0.15) is 5.82 Å². The number of aromatic amines is 1. The maximum absolute atomic E-state index is 13.0. The lowest BCUT2D eigenvalue weighted by atomic mass is 10.1. The van der Waals surface area contributed by atoms with Crippen molar-refractivity contribution >= 4 is 12.2 Å². The molecule has 1 aromatic heterocycles. The Bertz CT molecular complexity index is 602. The van der Waals surface area contributed by atoms with Crippen molar-refractivity contribution in [2.24, 2.45) is 0 Å². The molecule has 0 bridgehead atoms. The van der Waals surface area contributed by atoms with Crippen LogP contribution in [0.3, 0.4) is 0 Å². The number of H-pyrrole nitrogens is 1. The van der Waals surface area contributed by atoms with E-state index in [1.807, 2.05) is 0 Å². The average Bonchev–Trinajstić information content (AvgIpc) is 2.64. The summed E-state index contributed by atoms with van der Waals surface area (Å²) in [4.78, 5) is -0.0714. The summed E-state index contributed by atoms with van der Waals surface area (Å²) in [6, 6.07) is 2.44. The monoisotopic (exact) mass is 264 g/mol. The molecular formula is C9H4F4N2OS. The third kappa shape index (κ3) is 2.36. The molecule has 0 spiro atoms. The van der Waals surface area contributed by atoms with Crippen LogP contribution in [0.5, 0.6) is 0 Å². The van der Waals surface area contributed by atoms with Crippen LogP contribution >= 0.6 is 12.2 Å². The van der Waals surface area contributed by atoms with E-state index in [0.717, 1.165) is 6.07 Å². The number of nitrogens with zero attached hydrogens (tertiary/aromatic N) is 1. The maximum atomic E-state index is 13.0. The highest BCUT2D eigenvalue weighted by atomic mass is 32.1. The van der Waals surface area contributed by atoms with Crippen molar-refractivity contribution in [3.05, 3.63) is 34.4 Å². The van der Waals surface area contributed by atoms with Crippen LogP contribution in [0.4, 0.5) is 17.6 Å². The van der Waals surface area contributed by atoms with Gasteiger partial charge >= 0.3 is 6.18 Å². The molecule has 8 heteroatoms. The standard InChI is InChI=1S/C9H4F4N2OS/c10-6-2-1-4(3-5(6)9(11,12)13)7-14-15-8(17)16-7/h1-3H,(H,15,17). The minimum absolute atomic E-state index is 0.00826. The van der Waals surface area contributed by atoms with Crippen LogP contribution in [-0.2, 0) is 6.18 Å². The molecule has 0 radical (unpaired) electrons. The summed E-state index contributed by atoms with van der Waals surface area (Å²) in [5, 5.41) is 5.82. The molecule has 17 heavy (non-hydrogen) atoms. The molecule has 0 atom stereocenters. The van der Waals surface area contributed by atoms with E-state index in [1.54, 1.807) is 0 Å². The van der Waals surface area contributed by atoms with E-state index in [-0.39, 0.29) is 16.3 Å². The first-order valence-electron chi connectivity index (χ1n) is 4.30. The van der Waals surface area contributed by atoms with Crippen molar-refractivity contribution in [2.45, 2.75) is 6.18 Å². The van der Waals surface area contributed by atoms with Gasteiger partial charge in [0.25, 0.3) is 4.84 Å². The van der Waals surface area contributed by atoms with Crippen molar-refractivity contribution in [3.63, 3.8) is 0 Å². The number of benzene rings is 1. The first kappa shape index (κ1) is 11.8. The summed E-state index contributed by atoms with van der Waals surface area (Å²) in [6.45, 7) is 0. The van der Waals surface area contributed by atoms with E-state index in [2.05, 4.69) is 22.4 Å². The number of alkyl halides is 3. The second-order valence-electron chi connectivity index (χ2n) is 3.11. The number of halogens is 4. The quantitative estimate of drug-likeness (QED) is 0.632. The molecule has 0 fully saturated rings. The van der Waals surface area contributed by atoms with Crippen LogP contribution in [0, 0.1) is 10.7 Å². The predicted octanol–water partition coefficient (Wildman–Crippen LogP) is 3.56. The Morgan fingerprint density at radius 2 is 2.00 bits per heavy atom. The van der Waals surface area contributed by atoms with Gasteiger partial charge in [-0.15, -0.1) is 5.10 Å². The van der Waals surface area contributed by atoms with Gasteiger partial charge in [-0.2, -0.15) is 13.2 Å². The topological polar surface area (TPSA) is 41.8 Å². The van der Waals surface area contributed by atoms with Crippen molar-refractivity contribution < 1.29 is 22.0 Å².